The van der Waals surface area contributed by atoms with Gasteiger partial charge in [-0.3, -0.25) is 4.79 Å². The van der Waals surface area contributed by atoms with Gasteiger partial charge in [0.25, 0.3) is 0 Å². The number of nitrogens with two attached hydrogens (primary N) is 1. The van der Waals surface area contributed by atoms with Gasteiger partial charge in [0.15, 0.2) is 0 Å². The first-order valence-corrected chi connectivity index (χ1v) is 18.2. The number of carbonyl (C=O) groups excluding carboxylic acids is 3. The van der Waals surface area contributed by atoms with E-state index >= 15 is 0 Å². The fourth-order valence-corrected chi connectivity index (χ4v) is 6.98. The van der Waals surface area contributed by atoms with Crippen LogP contribution >= 0.6 is 0 Å². The van der Waals surface area contributed by atoms with Crippen molar-refractivity contribution in [1.29, 1.82) is 0 Å². The van der Waals surface area contributed by atoms with Crippen molar-refractivity contribution < 1.29 is 37.0 Å². The van der Waals surface area contributed by atoms with Crippen LogP contribution in [0.1, 0.15) is 80.9 Å². The highest BCUT2D eigenvalue weighted by Crippen LogP contribution is 2.33. The molecule has 3 aromatic carbocycles. The number of carbonyl (C=O) groups is 3. The van der Waals surface area contributed by atoms with Gasteiger partial charge in [0, 0.05) is 31.9 Å². The van der Waals surface area contributed by atoms with Crippen molar-refractivity contribution in [3.05, 3.63) is 102 Å². The maximum absolute atomic E-state index is 13.1. The standard InChI is InChI=1S/C26H30F3N3O3.C14H19NO2/c27-26(28,29)21-10-7-11-22(18-21)31-14-16-32(17-15-31)24(34)30-25(12-5-2-6-13-25)23(33)35-19-20-8-3-1-4-9-20;15-14(9-5-2-6-10-14)13(16)17-11-12-7-3-1-4-8-12/h1,3-4,7-11,18H,2,5-6,12-17,19H2,(H,30,34);1,3-4,7-8H,2,5-6,9-11,15H2. The van der Waals surface area contributed by atoms with Crippen LogP contribution < -0.4 is 16.0 Å². The molecule has 3 fully saturated rings. The minimum atomic E-state index is -4.40. The molecule has 1 aliphatic heterocycles. The number of halogens is 3. The molecule has 6 rings (SSSR count). The Kier molecular flexibility index (Phi) is 13.2. The second-order valence-electron chi connectivity index (χ2n) is 13.9. The highest BCUT2D eigenvalue weighted by molar-refractivity contribution is 5.87. The maximum Gasteiger partial charge on any atom is 0.416 e. The van der Waals surface area contributed by atoms with Crippen molar-refractivity contribution in [2.45, 2.75) is 94.7 Å². The predicted molar refractivity (Wildman–Crippen MR) is 192 cm³/mol. The number of ether oxygens (including phenoxy) is 2. The average molecular weight is 723 g/mol. The van der Waals surface area contributed by atoms with Crippen LogP contribution in [-0.4, -0.2) is 60.1 Å². The Labute approximate surface area is 303 Å². The molecule has 1 heterocycles. The smallest absolute Gasteiger partial charge is 0.416 e. The summed E-state index contributed by atoms with van der Waals surface area (Å²) in [6.07, 6.45) is 4.02. The van der Waals surface area contributed by atoms with Gasteiger partial charge < -0.3 is 30.3 Å². The van der Waals surface area contributed by atoms with Gasteiger partial charge >= 0.3 is 24.1 Å². The van der Waals surface area contributed by atoms with Gasteiger partial charge in [-0.25, -0.2) is 9.59 Å². The third kappa shape index (κ3) is 10.5. The third-order valence-corrected chi connectivity index (χ3v) is 10.1. The van der Waals surface area contributed by atoms with Gasteiger partial charge in [0.1, 0.15) is 24.3 Å². The molecule has 0 bridgehead atoms. The summed E-state index contributed by atoms with van der Waals surface area (Å²) in [4.78, 5) is 41.6. The van der Waals surface area contributed by atoms with Crippen LogP contribution in [-0.2, 0) is 38.5 Å². The van der Waals surface area contributed by atoms with Crippen molar-refractivity contribution in [2.24, 2.45) is 5.73 Å². The van der Waals surface area contributed by atoms with E-state index in [4.69, 9.17) is 15.2 Å². The van der Waals surface area contributed by atoms with Crippen LogP contribution in [0.2, 0.25) is 0 Å². The van der Waals surface area contributed by atoms with E-state index in [0.29, 0.717) is 51.3 Å². The van der Waals surface area contributed by atoms with Crippen LogP contribution in [0.3, 0.4) is 0 Å². The lowest BCUT2D eigenvalue weighted by Gasteiger charge is -2.40. The Morgan fingerprint density at radius 3 is 1.73 bits per heavy atom. The van der Waals surface area contributed by atoms with E-state index in [1.165, 1.54) is 12.5 Å². The SMILES string of the molecule is NC1(C(=O)OCc2ccccc2)CCCCC1.O=C(NC1(C(=O)OCc2ccccc2)CCCCC1)N1CCN(c2cccc(C(F)(F)F)c2)CC1. The number of benzene rings is 3. The van der Waals surface area contributed by atoms with Crippen molar-refractivity contribution in [1.82, 2.24) is 10.2 Å². The summed E-state index contributed by atoms with van der Waals surface area (Å²) in [7, 11) is 0. The topological polar surface area (TPSA) is 114 Å². The van der Waals surface area contributed by atoms with E-state index in [9.17, 15) is 27.6 Å². The number of alkyl halides is 3. The maximum atomic E-state index is 13.1. The summed E-state index contributed by atoms with van der Waals surface area (Å²) in [5.41, 5.74) is 5.96. The molecule has 0 atom stereocenters. The predicted octanol–water partition coefficient (Wildman–Crippen LogP) is 7.37. The molecule has 2 saturated carbocycles. The van der Waals surface area contributed by atoms with Crippen LogP contribution in [0.4, 0.5) is 23.7 Å². The second kappa shape index (κ2) is 17.8. The molecule has 0 unspecified atom stereocenters. The molecule has 2 amide bonds. The minimum absolute atomic E-state index is 0.146. The second-order valence-corrected chi connectivity index (χ2v) is 13.9. The number of urea groups is 1. The fraction of sp³-hybridized carbons (Fsp3) is 0.475. The highest BCUT2D eigenvalue weighted by atomic mass is 19.4. The number of nitrogens with one attached hydrogen (secondary N) is 1. The van der Waals surface area contributed by atoms with Crippen LogP contribution in [0.5, 0.6) is 0 Å². The van der Waals surface area contributed by atoms with Crippen molar-refractivity contribution in [3.8, 4) is 0 Å². The minimum Gasteiger partial charge on any atom is -0.459 e. The Balaban J connectivity index is 0.000000257. The lowest BCUT2D eigenvalue weighted by molar-refractivity contribution is -0.154. The molecule has 9 nitrogen and oxygen atoms in total. The molecule has 0 spiro atoms. The van der Waals surface area contributed by atoms with E-state index in [2.05, 4.69) is 5.32 Å². The molecule has 52 heavy (non-hydrogen) atoms. The number of nitrogens with zero attached hydrogens (tertiary/aromatic N) is 2. The zero-order chi connectivity index (χ0) is 37.0. The van der Waals surface area contributed by atoms with Gasteiger partial charge in [0.05, 0.1) is 5.56 Å². The Morgan fingerprint density at radius 1 is 0.673 bits per heavy atom. The molecule has 3 aromatic rings. The summed E-state index contributed by atoms with van der Waals surface area (Å²) in [6, 6.07) is 24.0. The van der Waals surface area contributed by atoms with Crippen LogP contribution in [0.15, 0.2) is 84.9 Å². The highest BCUT2D eigenvalue weighted by Gasteiger charge is 2.43. The molecular weight excluding hydrogens is 673 g/mol. The lowest BCUT2D eigenvalue weighted by atomic mass is 9.81. The molecule has 1 saturated heterocycles. The molecule has 3 aliphatic rings. The Bertz CT molecular complexity index is 1600. The largest absolute Gasteiger partial charge is 0.459 e. The number of amides is 2. The number of anilines is 1. The molecule has 0 radical (unpaired) electrons. The van der Waals surface area contributed by atoms with Crippen molar-refractivity contribution in [3.63, 3.8) is 0 Å². The summed E-state index contributed by atoms with van der Waals surface area (Å²) >= 11 is 0. The third-order valence-electron chi connectivity index (χ3n) is 10.1. The lowest BCUT2D eigenvalue weighted by Crippen LogP contribution is -2.61. The van der Waals surface area contributed by atoms with E-state index < -0.39 is 28.8 Å². The monoisotopic (exact) mass is 722 g/mol. The van der Waals surface area contributed by atoms with E-state index in [1.54, 1.807) is 11.0 Å². The van der Waals surface area contributed by atoms with Gasteiger partial charge in [0.2, 0.25) is 0 Å². The van der Waals surface area contributed by atoms with E-state index in [1.807, 2.05) is 65.6 Å². The quantitative estimate of drug-likeness (QED) is 0.234. The summed E-state index contributed by atoms with van der Waals surface area (Å²) in [5, 5.41) is 2.97. The zero-order valence-electron chi connectivity index (χ0n) is 29.5. The Hall–Kier alpha value is -4.58. The van der Waals surface area contributed by atoms with Gasteiger partial charge in [-0.1, -0.05) is 105 Å². The van der Waals surface area contributed by atoms with Gasteiger partial charge in [-0.2, -0.15) is 13.2 Å². The summed E-state index contributed by atoms with van der Waals surface area (Å²) in [5.74, 6) is -0.668. The van der Waals surface area contributed by atoms with Crippen molar-refractivity contribution in [2.75, 3.05) is 31.1 Å². The molecule has 0 aromatic heterocycles. The van der Waals surface area contributed by atoms with Crippen LogP contribution in [0, 0.1) is 0 Å². The van der Waals surface area contributed by atoms with Crippen molar-refractivity contribution >= 4 is 23.7 Å². The van der Waals surface area contributed by atoms with E-state index in [0.717, 1.165) is 68.2 Å². The normalized spacial score (nSPS) is 18.3. The molecule has 280 valence electrons. The van der Waals surface area contributed by atoms with E-state index in [-0.39, 0.29) is 18.6 Å². The average Bonchev–Trinajstić information content (AvgIpc) is 3.17. The Morgan fingerprint density at radius 2 is 1.19 bits per heavy atom. The fourth-order valence-electron chi connectivity index (χ4n) is 6.98. The number of hydrogen-bond donors (Lipinski definition) is 2. The summed E-state index contributed by atoms with van der Waals surface area (Å²) < 4.78 is 50.1. The first-order valence-electron chi connectivity index (χ1n) is 18.2. The van der Waals surface area contributed by atoms with Gasteiger partial charge in [-0.15, -0.1) is 0 Å². The number of esters is 2. The summed E-state index contributed by atoms with van der Waals surface area (Å²) in [6.45, 7) is 1.96. The molecule has 2 aliphatic carbocycles. The number of piperazine rings is 1. The molecule has 12 heteroatoms. The number of rotatable bonds is 8. The van der Waals surface area contributed by atoms with Crippen LogP contribution in [0.25, 0.3) is 0 Å². The number of hydrogen-bond acceptors (Lipinski definition) is 7. The first kappa shape index (κ1) is 38.6. The molecular formula is C40H49F3N4O5. The van der Waals surface area contributed by atoms with Gasteiger partial charge in [-0.05, 0) is 55.0 Å². The first-order chi connectivity index (χ1) is 25.0. The molecule has 3 N–H and O–H groups in total. The zero-order valence-corrected chi connectivity index (χ0v) is 29.5.